The van der Waals surface area contributed by atoms with Gasteiger partial charge in [-0.25, -0.2) is 4.79 Å². The lowest BCUT2D eigenvalue weighted by Crippen LogP contribution is -2.37. The molecule has 0 aliphatic carbocycles. The molecule has 0 radical (unpaired) electrons. The molecule has 1 heterocycles. The van der Waals surface area contributed by atoms with E-state index in [4.69, 9.17) is 10.5 Å². The fraction of sp³-hybridized carbons (Fsp3) is 0.591. The molecule has 1 aromatic carbocycles. The molecule has 2 rings (SSSR count). The van der Waals surface area contributed by atoms with E-state index in [-0.39, 0.29) is 6.09 Å². The van der Waals surface area contributed by atoms with Crippen LogP contribution >= 0.6 is 11.8 Å². The highest BCUT2D eigenvalue weighted by Gasteiger charge is 2.20. The molecule has 0 aromatic heterocycles. The van der Waals surface area contributed by atoms with Crippen molar-refractivity contribution in [2.45, 2.75) is 58.5 Å². The number of amides is 1. The molecule has 5 nitrogen and oxygen atoms in total. The smallest absolute Gasteiger partial charge is 0.410 e. The fourth-order valence-corrected chi connectivity index (χ4v) is 3.55. The lowest BCUT2D eigenvalue weighted by Gasteiger charge is -2.31. The summed E-state index contributed by atoms with van der Waals surface area (Å²) < 4.78 is 5.37. The van der Waals surface area contributed by atoms with Gasteiger partial charge in [-0.15, -0.1) is 18.3 Å². The van der Waals surface area contributed by atoms with Crippen molar-refractivity contribution in [2.75, 3.05) is 43.1 Å². The number of fused-ring (bicyclic) bond motifs is 1. The van der Waals surface area contributed by atoms with E-state index in [0.29, 0.717) is 6.54 Å². The molecule has 0 atom stereocenters. The van der Waals surface area contributed by atoms with Crippen LogP contribution < -0.4 is 10.6 Å². The number of nitrogens with two attached hydrogens (primary N) is 1. The van der Waals surface area contributed by atoms with Crippen molar-refractivity contribution < 1.29 is 9.53 Å². The van der Waals surface area contributed by atoms with Gasteiger partial charge in [-0.1, -0.05) is 19.9 Å². The van der Waals surface area contributed by atoms with E-state index in [0.717, 1.165) is 31.0 Å². The van der Waals surface area contributed by atoms with Gasteiger partial charge in [0.1, 0.15) is 5.60 Å². The van der Waals surface area contributed by atoms with Crippen molar-refractivity contribution in [3.8, 4) is 0 Å². The third-order valence-corrected chi connectivity index (χ3v) is 4.59. The van der Waals surface area contributed by atoms with Crippen LogP contribution in [0.5, 0.6) is 0 Å². The molecular formula is C22H39N3O2S. The SMILES string of the molecule is C=CC.CC.CN(CCCN1CCSc2cc(N)ccc21)C(=O)OC(C)(C)C. The number of allylic oxidation sites excluding steroid dienone is 1. The molecule has 1 aromatic rings. The number of carbonyl (C=O) groups is 1. The normalized spacial score (nSPS) is 12.5. The maximum Gasteiger partial charge on any atom is 0.410 e. The van der Waals surface area contributed by atoms with Crippen LogP contribution in [0.3, 0.4) is 0 Å². The number of thioether (sulfide) groups is 1. The van der Waals surface area contributed by atoms with Crippen molar-refractivity contribution >= 4 is 29.2 Å². The van der Waals surface area contributed by atoms with Gasteiger partial charge in [0.15, 0.2) is 0 Å². The van der Waals surface area contributed by atoms with Gasteiger partial charge in [-0.3, -0.25) is 0 Å². The second-order valence-corrected chi connectivity index (χ2v) is 8.36. The topological polar surface area (TPSA) is 58.8 Å². The molecule has 0 spiro atoms. The Labute approximate surface area is 176 Å². The quantitative estimate of drug-likeness (QED) is 0.514. The third-order valence-electron chi connectivity index (χ3n) is 3.57. The van der Waals surface area contributed by atoms with Gasteiger partial charge in [0, 0.05) is 43.0 Å². The Hall–Kier alpha value is -1.82. The Kier molecular flexibility index (Phi) is 12.5. The highest BCUT2D eigenvalue weighted by Crippen LogP contribution is 2.35. The molecule has 2 N–H and O–H groups in total. The molecule has 0 saturated carbocycles. The van der Waals surface area contributed by atoms with Crippen LogP contribution in [0.4, 0.5) is 16.2 Å². The molecule has 0 unspecified atom stereocenters. The van der Waals surface area contributed by atoms with Gasteiger partial charge < -0.3 is 20.3 Å². The predicted octanol–water partition coefficient (Wildman–Crippen LogP) is 5.66. The minimum Gasteiger partial charge on any atom is -0.444 e. The van der Waals surface area contributed by atoms with E-state index in [1.54, 1.807) is 18.0 Å². The van der Waals surface area contributed by atoms with Gasteiger partial charge in [0.2, 0.25) is 0 Å². The molecule has 1 aliphatic heterocycles. The number of hydrogen-bond acceptors (Lipinski definition) is 5. The van der Waals surface area contributed by atoms with Crippen LogP contribution in [0.1, 0.15) is 48.0 Å². The van der Waals surface area contributed by atoms with Crippen LogP contribution in [0.15, 0.2) is 35.7 Å². The summed E-state index contributed by atoms with van der Waals surface area (Å²) in [5.41, 5.74) is 7.46. The Morgan fingerprint density at radius 1 is 1.39 bits per heavy atom. The van der Waals surface area contributed by atoms with Gasteiger partial charge >= 0.3 is 6.09 Å². The zero-order chi connectivity index (χ0) is 21.7. The number of hydrogen-bond donors (Lipinski definition) is 1. The fourth-order valence-electron chi connectivity index (χ4n) is 2.46. The van der Waals surface area contributed by atoms with Gasteiger partial charge in [0.05, 0.1) is 5.69 Å². The second kappa shape index (κ2) is 13.4. The Morgan fingerprint density at radius 2 is 2.00 bits per heavy atom. The molecule has 6 heteroatoms. The van der Waals surface area contributed by atoms with Gasteiger partial charge in [-0.05, 0) is 52.3 Å². The van der Waals surface area contributed by atoms with E-state index >= 15 is 0 Å². The highest BCUT2D eigenvalue weighted by molar-refractivity contribution is 7.99. The molecule has 0 saturated heterocycles. The summed E-state index contributed by atoms with van der Waals surface area (Å²) in [6.45, 7) is 17.5. The predicted molar refractivity (Wildman–Crippen MR) is 124 cm³/mol. The number of rotatable bonds is 4. The van der Waals surface area contributed by atoms with E-state index in [1.807, 2.05) is 65.4 Å². The minimum atomic E-state index is -0.450. The van der Waals surface area contributed by atoms with E-state index in [2.05, 4.69) is 17.5 Å². The van der Waals surface area contributed by atoms with Crippen molar-refractivity contribution in [2.24, 2.45) is 0 Å². The summed E-state index contributed by atoms with van der Waals surface area (Å²) in [4.78, 5) is 17.2. The van der Waals surface area contributed by atoms with Crippen molar-refractivity contribution in [3.63, 3.8) is 0 Å². The van der Waals surface area contributed by atoms with Crippen molar-refractivity contribution in [1.82, 2.24) is 4.90 Å². The summed E-state index contributed by atoms with van der Waals surface area (Å²) in [5, 5.41) is 0. The Morgan fingerprint density at radius 3 is 2.57 bits per heavy atom. The van der Waals surface area contributed by atoms with E-state index in [9.17, 15) is 4.79 Å². The lowest BCUT2D eigenvalue weighted by molar-refractivity contribution is 0.0298. The number of carbonyl (C=O) groups excluding carboxylic acids is 1. The number of nitrogens with zero attached hydrogens (tertiary/aromatic N) is 2. The summed E-state index contributed by atoms with van der Waals surface area (Å²) in [6, 6.07) is 6.08. The number of anilines is 2. The molecular weight excluding hydrogens is 370 g/mol. The monoisotopic (exact) mass is 409 g/mol. The van der Waals surface area contributed by atoms with E-state index < -0.39 is 5.60 Å². The van der Waals surface area contributed by atoms with Crippen LogP contribution in [0, 0.1) is 0 Å². The Bertz CT molecular complexity index is 600. The van der Waals surface area contributed by atoms with Crippen molar-refractivity contribution in [1.29, 1.82) is 0 Å². The van der Waals surface area contributed by atoms with E-state index in [1.165, 1.54) is 10.6 Å². The molecule has 1 amide bonds. The first-order chi connectivity index (χ1) is 13.2. The molecule has 1 aliphatic rings. The summed E-state index contributed by atoms with van der Waals surface area (Å²) >= 11 is 1.85. The zero-order valence-corrected chi connectivity index (χ0v) is 19.6. The standard InChI is InChI=1S/C17H27N3O2S.C3H6.C2H6/c1-17(2,3)22-16(21)19(4)8-5-9-20-10-11-23-15-12-13(18)6-7-14(15)20;1-3-2;1-2/h6-7,12H,5,8-11,18H2,1-4H3;3H,1H2,2H3;1-2H3. The van der Waals surface area contributed by atoms with Crippen LogP contribution in [0.2, 0.25) is 0 Å². The second-order valence-electron chi connectivity index (χ2n) is 7.23. The van der Waals surface area contributed by atoms with Crippen LogP contribution in [0.25, 0.3) is 0 Å². The van der Waals surface area contributed by atoms with Crippen molar-refractivity contribution in [3.05, 3.63) is 30.9 Å². The van der Waals surface area contributed by atoms with Crippen LogP contribution in [-0.4, -0.2) is 49.0 Å². The third kappa shape index (κ3) is 9.93. The first kappa shape index (κ1) is 26.2. The lowest BCUT2D eigenvalue weighted by atomic mass is 10.2. The summed E-state index contributed by atoms with van der Waals surface area (Å²) in [5.74, 6) is 1.07. The Balaban J connectivity index is 0.00000133. The molecule has 28 heavy (non-hydrogen) atoms. The van der Waals surface area contributed by atoms with Gasteiger partial charge in [0.25, 0.3) is 0 Å². The number of ether oxygens (including phenoxy) is 1. The first-order valence-corrected chi connectivity index (χ1v) is 10.9. The highest BCUT2D eigenvalue weighted by atomic mass is 32.2. The molecule has 160 valence electrons. The summed E-state index contributed by atoms with van der Waals surface area (Å²) in [6.07, 6.45) is 2.39. The molecule has 0 bridgehead atoms. The maximum atomic E-state index is 11.9. The van der Waals surface area contributed by atoms with Crippen LogP contribution in [-0.2, 0) is 4.74 Å². The number of nitrogen functional groups attached to an aromatic ring is 1. The largest absolute Gasteiger partial charge is 0.444 e. The average Bonchev–Trinajstić information content (AvgIpc) is 2.62. The average molecular weight is 410 g/mol. The molecule has 0 fully saturated rings. The zero-order valence-electron chi connectivity index (χ0n) is 18.7. The minimum absolute atomic E-state index is 0.264. The summed E-state index contributed by atoms with van der Waals surface area (Å²) in [7, 11) is 1.79. The maximum absolute atomic E-state index is 11.9. The first-order valence-electron chi connectivity index (χ1n) is 9.96. The van der Waals surface area contributed by atoms with Gasteiger partial charge in [-0.2, -0.15) is 0 Å². The number of benzene rings is 1.